The molecule has 0 bridgehead atoms. The fourth-order valence-electron chi connectivity index (χ4n) is 3.24. The van der Waals surface area contributed by atoms with Crippen molar-refractivity contribution in [1.29, 1.82) is 0 Å². The third-order valence-corrected chi connectivity index (χ3v) is 5.04. The van der Waals surface area contributed by atoms with Crippen molar-refractivity contribution in [2.45, 2.75) is 33.3 Å². The van der Waals surface area contributed by atoms with E-state index in [0.29, 0.717) is 40.9 Å². The van der Waals surface area contributed by atoms with Crippen LogP contribution in [0.4, 0.5) is 5.69 Å². The van der Waals surface area contributed by atoms with Gasteiger partial charge in [-0.2, -0.15) is 4.98 Å². The Morgan fingerprint density at radius 1 is 1.03 bits per heavy atom. The Balaban J connectivity index is 1.54. The molecule has 0 saturated carbocycles. The van der Waals surface area contributed by atoms with Crippen LogP contribution in [0.3, 0.4) is 0 Å². The summed E-state index contributed by atoms with van der Waals surface area (Å²) >= 11 is 0. The number of carbonyl (C=O) groups excluding carboxylic acids is 1. The van der Waals surface area contributed by atoms with E-state index in [1.165, 1.54) is 0 Å². The number of anilines is 1. The Hall–Kier alpha value is -3.93. The van der Waals surface area contributed by atoms with Crippen molar-refractivity contribution in [3.63, 3.8) is 0 Å². The summed E-state index contributed by atoms with van der Waals surface area (Å²) in [5, 5.41) is 7.05. The van der Waals surface area contributed by atoms with Gasteiger partial charge in [-0.3, -0.25) is 4.79 Å². The third-order valence-electron chi connectivity index (χ3n) is 5.04. The zero-order valence-electron chi connectivity index (χ0n) is 18.3. The van der Waals surface area contributed by atoms with Gasteiger partial charge in [-0.25, -0.2) is 0 Å². The van der Waals surface area contributed by atoms with Crippen LogP contribution in [0.25, 0.3) is 11.5 Å². The van der Waals surface area contributed by atoms with Crippen molar-refractivity contribution >= 4 is 11.6 Å². The van der Waals surface area contributed by atoms with Crippen LogP contribution in [0.1, 0.15) is 47.1 Å². The second kappa shape index (κ2) is 9.47. The molecule has 0 unspecified atom stereocenters. The van der Waals surface area contributed by atoms with Gasteiger partial charge in [0.25, 0.3) is 11.8 Å². The van der Waals surface area contributed by atoms with Crippen LogP contribution in [-0.4, -0.2) is 16.0 Å². The molecule has 6 heteroatoms. The summed E-state index contributed by atoms with van der Waals surface area (Å²) in [5.74, 6) is 1.54. The van der Waals surface area contributed by atoms with Crippen molar-refractivity contribution in [2.24, 2.45) is 0 Å². The Bertz CT molecular complexity index is 1220. The van der Waals surface area contributed by atoms with Crippen molar-refractivity contribution in [2.75, 3.05) is 5.32 Å². The Labute approximate surface area is 187 Å². The SMILES string of the molecule is Cc1cccc(-c2nc(C(C)C)no2)c1NC(=O)c1cccc(OCc2ccccc2)c1. The first-order valence-corrected chi connectivity index (χ1v) is 10.5. The first kappa shape index (κ1) is 21.3. The van der Waals surface area contributed by atoms with Crippen molar-refractivity contribution in [1.82, 2.24) is 10.1 Å². The largest absolute Gasteiger partial charge is 0.489 e. The first-order chi connectivity index (χ1) is 15.5. The minimum Gasteiger partial charge on any atom is -0.489 e. The summed E-state index contributed by atoms with van der Waals surface area (Å²) in [4.78, 5) is 17.5. The van der Waals surface area contributed by atoms with E-state index >= 15 is 0 Å². The number of aryl methyl sites for hydroxylation is 1. The topological polar surface area (TPSA) is 77.3 Å². The van der Waals surface area contributed by atoms with Gasteiger partial charge in [-0.1, -0.05) is 67.5 Å². The highest BCUT2D eigenvalue weighted by atomic mass is 16.5. The summed E-state index contributed by atoms with van der Waals surface area (Å²) in [6, 6.07) is 22.7. The van der Waals surface area contributed by atoms with Crippen LogP contribution >= 0.6 is 0 Å². The number of rotatable bonds is 7. The van der Waals surface area contributed by atoms with Gasteiger partial charge in [0.1, 0.15) is 12.4 Å². The maximum atomic E-state index is 13.1. The average molecular weight is 428 g/mol. The second-order valence-electron chi connectivity index (χ2n) is 7.87. The summed E-state index contributed by atoms with van der Waals surface area (Å²) in [7, 11) is 0. The molecule has 0 aliphatic heterocycles. The molecule has 0 aliphatic carbocycles. The molecule has 0 aliphatic rings. The number of aromatic nitrogens is 2. The molecule has 0 saturated heterocycles. The molecule has 1 aromatic heterocycles. The van der Waals surface area contributed by atoms with E-state index in [2.05, 4.69) is 15.5 Å². The molecular formula is C26H25N3O3. The lowest BCUT2D eigenvalue weighted by Crippen LogP contribution is -2.14. The predicted octanol–water partition coefficient (Wildman–Crippen LogP) is 6.00. The second-order valence-corrected chi connectivity index (χ2v) is 7.87. The molecule has 0 radical (unpaired) electrons. The highest BCUT2D eigenvalue weighted by molar-refractivity contribution is 6.06. The van der Waals surface area contributed by atoms with Crippen molar-refractivity contribution in [3.05, 3.63) is 95.3 Å². The van der Waals surface area contributed by atoms with Crippen LogP contribution in [0.15, 0.2) is 77.3 Å². The lowest BCUT2D eigenvalue weighted by Gasteiger charge is -2.13. The number of hydrogen-bond acceptors (Lipinski definition) is 5. The number of ether oxygens (including phenoxy) is 1. The Morgan fingerprint density at radius 3 is 2.56 bits per heavy atom. The number of carbonyl (C=O) groups is 1. The molecule has 0 fully saturated rings. The molecule has 1 N–H and O–H groups in total. The minimum atomic E-state index is -0.241. The molecule has 1 amide bonds. The summed E-state index contributed by atoms with van der Waals surface area (Å²) in [6.45, 7) is 6.36. The molecule has 4 rings (SSSR count). The van der Waals surface area contributed by atoms with Gasteiger partial charge in [-0.15, -0.1) is 0 Å². The summed E-state index contributed by atoms with van der Waals surface area (Å²) in [5.41, 5.74) is 3.79. The molecule has 0 atom stereocenters. The molecular weight excluding hydrogens is 402 g/mol. The molecule has 32 heavy (non-hydrogen) atoms. The van der Waals surface area contributed by atoms with E-state index in [-0.39, 0.29) is 11.8 Å². The maximum absolute atomic E-state index is 13.1. The lowest BCUT2D eigenvalue weighted by molar-refractivity contribution is 0.102. The van der Waals surface area contributed by atoms with Gasteiger partial charge < -0.3 is 14.6 Å². The minimum absolute atomic E-state index is 0.147. The average Bonchev–Trinajstić information content (AvgIpc) is 3.30. The molecule has 6 nitrogen and oxygen atoms in total. The molecule has 0 spiro atoms. The van der Waals surface area contributed by atoms with Crippen molar-refractivity contribution in [3.8, 4) is 17.2 Å². The zero-order valence-corrected chi connectivity index (χ0v) is 18.3. The van der Waals surface area contributed by atoms with E-state index < -0.39 is 0 Å². The van der Waals surface area contributed by atoms with Crippen LogP contribution in [0.2, 0.25) is 0 Å². The van der Waals surface area contributed by atoms with E-state index in [9.17, 15) is 4.79 Å². The standard InChI is InChI=1S/C26H25N3O3/c1-17(2)24-28-26(32-29-24)22-14-7-9-18(3)23(22)27-25(30)20-12-8-13-21(15-20)31-16-19-10-5-4-6-11-19/h4-15,17H,16H2,1-3H3,(H,27,30). The van der Waals surface area contributed by atoms with Gasteiger partial charge >= 0.3 is 0 Å². The first-order valence-electron chi connectivity index (χ1n) is 10.5. The van der Waals surface area contributed by atoms with Crippen LogP contribution in [0, 0.1) is 6.92 Å². The van der Waals surface area contributed by atoms with Gasteiger partial charge in [0, 0.05) is 11.5 Å². The van der Waals surface area contributed by atoms with Crippen LogP contribution in [-0.2, 0) is 6.61 Å². The predicted molar refractivity (Wildman–Crippen MR) is 124 cm³/mol. The van der Waals surface area contributed by atoms with Gasteiger partial charge in [-0.05, 0) is 42.3 Å². The van der Waals surface area contributed by atoms with Gasteiger partial charge in [0.2, 0.25) is 0 Å². The fraction of sp³-hybridized carbons (Fsp3) is 0.192. The fourth-order valence-corrected chi connectivity index (χ4v) is 3.24. The number of benzene rings is 3. The van der Waals surface area contributed by atoms with E-state index in [1.807, 2.05) is 75.4 Å². The summed E-state index contributed by atoms with van der Waals surface area (Å²) in [6.07, 6.45) is 0. The van der Waals surface area contributed by atoms with E-state index in [0.717, 1.165) is 11.1 Å². The lowest BCUT2D eigenvalue weighted by atomic mass is 10.1. The smallest absolute Gasteiger partial charge is 0.260 e. The van der Waals surface area contributed by atoms with E-state index in [1.54, 1.807) is 18.2 Å². The van der Waals surface area contributed by atoms with Gasteiger partial charge in [0.15, 0.2) is 5.82 Å². The molecule has 4 aromatic rings. The highest BCUT2D eigenvalue weighted by Gasteiger charge is 2.18. The van der Waals surface area contributed by atoms with Gasteiger partial charge in [0.05, 0.1) is 11.3 Å². The Kier molecular flexibility index (Phi) is 6.31. The van der Waals surface area contributed by atoms with Crippen LogP contribution in [0.5, 0.6) is 5.75 Å². The number of amides is 1. The zero-order chi connectivity index (χ0) is 22.5. The van der Waals surface area contributed by atoms with E-state index in [4.69, 9.17) is 9.26 Å². The number of hydrogen-bond donors (Lipinski definition) is 1. The quantitative estimate of drug-likeness (QED) is 0.391. The monoisotopic (exact) mass is 427 g/mol. The normalized spacial score (nSPS) is 10.9. The Morgan fingerprint density at radius 2 is 1.81 bits per heavy atom. The number of nitrogens with zero attached hydrogens (tertiary/aromatic N) is 2. The molecule has 1 heterocycles. The van der Waals surface area contributed by atoms with Crippen LogP contribution < -0.4 is 10.1 Å². The number of nitrogens with one attached hydrogen (secondary N) is 1. The summed E-state index contributed by atoms with van der Waals surface area (Å²) < 4.78 is 11.3. The molecule has 162 valence electrons. The highest BCUT2D eigenvalue weighted by Crippen LogP contribution is 2.31. The number of para-hydroxylation sites is 1. The van der Waals surface area contributed by atoms with Crippen molar-refractivity contribution < 1.29 is 14.1 Å². The molecule has 3 aromatic carbocycles. The third kappa shape index (κ3) is 4.86. The maximum Gasteiger partial charge on any atom is 0.260 e.